The van der Waals surface area contributed by atoms with Crippen molar-refractivity contribution < 1.29 is 0 Å². The number of likely N-dealkylation sites (tertiary alicyclic amines) is 1. The molecule has 0 radical (unpaired) electrons. The zero-order valence-corrected chi connectivity index (χ0v) is 9.76. The SMILES string of the molecule is CN(CCN1CCCC1)c1ncncc1N. The fourth-order valence-electron chi connectivity index (χ4n) is 2.06. The number of likely N-dealkylation sites (N-methyl/N-ethyl adjacent to an activating group) is 1. The highest BCUT2D eigenvalue weighted by Gasteiger charge is 2.13. The van der Waals surface area contributed by atoms with Crippen molar-refractivity contribution in [2.45, 2.75) is 12.8 Å². The molecule has 0 aromatic carbocycles. The Bertz CT molecular complexity index is 335. The normalized spacial score (nSPS) is 16.6. The minimum atomic E-state index is 0.645. The topological polar surface area (TPSA) is 58.3 Å². The van der Waals surface area contributed by atoms with Crippen LogP contribution in [0.15, 0.2) is 12.5 Å². The summed E-state index contributed by atoms with van der Waals surface area (Å²) in [5.41, 5.74) is 6.47. The fraction of sp³-hybridized carbons (Fsp3) is 0.636. The molecule has 0 spiro atoms. The number of anilines is 2. The molecule has 1 fully saturated rings. The second-order valence-corrected chi connectivity index (χ2v) is 4.27. The molecule has 5 nitrogen and oxygen atoms in total. The monoisotopic (exact) mass is 221 g/mol. The molecule has 0 amide bonds. The first-order chi connectivity index (χ1) is 7.77. The van der Waals surface area contributed by atoms with Crippen LogP contribution in [-0.4, -0.2) is 48.1 Å². The Kier molecular flexibility index (Phi) is 3.56. The van der Waals surface area contributed by atoms with Crippen molar-refractivity contribution in [3.8, 4) is 0 Å². The van der Waals surface area contributed by atoms with Gasteiger partial charge in [-0.25, -0.2) is 9.97 Å². The van der Waals surface area contributed by atoms with Crippen LogP contribution in [-0.2, 0) is 0 Å². The molecular formula is C11H19N5. The average Bonchev–Trinajstić information content (AvgIpc) is 2.79. The van der Waals surface area contributed by atoms with Crippen molar-refractivity contribution in [1.29, 1.82) is 0 Å². The highest BCUT2D eigenvalue weighted by atomic mass is 15.2. The van der Waals surface area contributed by atoms with Gasteiger partial charge in [-0.1, -0.05) is 0 Å². The largest absolute Gasteiger partial charge is 0.394 e. The summed E-state index contributed by atoms with van der Waals surface area (Å²) in [6, 6.07) is 0. The maximum atomic E-state index is 5.82. The third kappa shape index (κ3) is 2.61. The van der Waals surface area contributed by atoms with Crippen molar-refractivity contribution >= 4 is 11.5 Å². The van der Waals surface area contributed by atoms with E-state index in [-0.39, 0.29) is 0 Å². The van der Waals surface area contributed by atoms with Crippen LogP contribution in [0.4, 0.5) is 11.5 Å². The van der Waals surface area contributed by atoms with Gasteiger partial charge in [0, 0.05) is 20.1 Å². The summed E-state index contributed by atoms with van der Waals surface area (Å²) in [7, 11) is 2.02. The summed E-state index contributed by atoms with van der Waals surface area (Å²) >= 11 is 0. The fourth-order valence-corrected chi connectivity index (χ4v) is 2.06. The number of aromatic nitrogens is 2. The molecule has 0 bridgehead atoms. The van der Waals surface area contributed by atoms with Crippen molar-refractivity contribution in [1.82, 2.24) is 14.9 Å². The quantitative estimate of drug-likeness (QED) is 0.806. The average molecular weight is 221 g/mol. The lowest BCUT2D eigenvalue weighted by Gasteiger charge is -2.22. The number of nitrogens with zero attached hydrogens (tertiary/aromatic N) is 4. The molecule has 1 aliphatic heterocycles. The van der Waals surface area contributed by atoms with Gasteiger partial charge in [-0.3, -0.25) is 0 Å². The Morgan fingerprint density at radius 1 is 1.44 bits per heavy atom. The van der Waals surface area contributed by atoms with E-state index in [1.165, 1.54) is 32.3 Å². The van der Waals surface area contributed by atoms with Gasteiger partial charge in [-0.15, -0.1) is 0 Å². The highest BCUT2D eigenvalue weighted by Crippen LogP contribution is 2.16. The second-order valence-electron chi connectivity index (χ2n) is 4.27. The molecular weight excluding hydrogens is 202 g/mol. The zero-order chi connectivity index (χ0) is 11.4. The smallest absolute Gasteiger partial charge is 0.155 e. The van der Waals surface area contributed by atoms with Gasteiger partial charge in [-0.05, 0) is 25.9 Å². The molecule has 0 unspecified atom stereocenters. The molecule has 0 atom stereocenters. The Balaban J connectivity index is 1.87. The summed E-state index contributed by atoms with van der Waals surface area (Å²) in [5, 5.41) is 0. The van der Waals surface area contributed by atoms with E-state index in [4.69, 9.17) is 5.73 Å². The summed E-state index contributed by atoms with van der Waals surface area (Å²) < 4.78 is 0. The van der Waals surface area contributed by atoms with Gasteiger partial charge in [0.2, 0.25) is 0 Å². The first-order valence-electron chi connectivity index (χ1n) is 5.76. The van der Waals surface area contributed by atoms with E-state index in [2.05, 4.69) is 19.8 Å². The molecule has 1 aromatic heterocycles. The first kappa shape index (κ1) is 11.1. The number of nitrogen functional groups attached to an aromatic ring is 1. The summed E-state index contributed by atoms with van der Waals surface area (Å²) in [6.07, 6.45) is 5.85. The molecule has 2 rings (SSSR count). The van der Waals surface area contributed by atoms with Crippen molar-refractivity contribution in [2.24, 2.45) is 0 Å². The van der Waals surface area contributed by atoms with Crippen LogP contribution >= 0.6 is 0 Å². The lowest BCUT2D eigenvalue weighted by atomic mass is 10.4. The molecule has 0 saturated carbocycles. The molecule has 16 heavy (non-hydrogen) atoms. The van der Waals surface area contributed by atoms with Crippen molar-refractivity contribution in [2.75, 3.05) is 43.9 Å². The first-order valence-corrected chi connectivity index (χ1v) is 5.76. The minimum absolute atomic E-state index is 0.645. The Hall–Kier alpha value is -1.36. The van der Waals surface area contributed by atoms with Gasteiger partial charge < -0.3 is 15.5 Å². The molecule has 5 heteroatoms. The lowest BCUT2D eigenvalue weighted by Crippen LogP contribution is -2.32. The van der Waals surface area contributed by atoms with Crippen LogP contribution < -0.4 is 10.6 Å². The molecule has 1 aromatic rings. The molecule has 0 aliphatic carbocycles. The van der Waals surface area contributed by atoms with Gasteiger partial charge in [0.05, 0.1) is 11.9 Å². The predicted molar refractivity (Wildman–Crippen MR) is 65.4 cm³/mol. The maximum Gasteiger partial charge on any atom is 0.155 e. The van der Waals surface area contributed by atoms with Gasteiger partial charge in [-0.2, -0.15) is 0 Å². The third-order valence-corrected chi connectivity index (χ3v) is 3.03. The minimum Gasteiger partial charge on any atom is -0.394 e. The third-order valence-electron chi connectivity index (χ3n) is 3.03. The molecule has 88 valence electrons. The van der Waals surface area contributed by atoms with Gasteiger partial charge in [0.1, 0.15) is 6.33 Å². The summed E-state index contributed by atoms with van der Waals surface area (Å²) in [6.45, 7) is 4.50. The summed E-state index contributed by atoms with van der Waals surface area (Å²) in [4.78, 5) is 12.7. The van der Waals surface area contributed by atoms with Gasteiger partial charge in [0.25, 0.3) is 0 Å². The van der Waals surface area contributed by atoms with Crippen molar-refractivity contribution in [3.05, 3.63) is 12.5 Å². The van der Waals surface area contributed by atoms with Crippen LogP contribution in [0, 0.1) is 0 Å². The number of hydrogen-bond donors (Lipinski definition) is 1. The number of hydrogen-bond acceptors (Lipinski definition) is 5. The van der Waals surface area contributed by atoms with Gasteiger partial charge >= 0.3 is 0 Å². The lowest BCUT2D eigenvalue weighted by molar-refractivity contribution is 0.346. The van der Waals surface area contributed by atoms with Crippen molar-refractivity contribution in [3.63, 3.8) is 0 Å². The van der Waals surface area contributed by atoms with E-state index < -0.39 is 0 Å². The standard InChI is InChI=1S/C11H19N5/c1-15(6-7-16-4-2-3-5-16)11-10(12)8-13-9-14-11/h8-9H,2-7,12H2,1H3. The second kappa shape index (κ2) is 5.12. The maximum absolute atomic E-state index is 5.82. The van der Waals surface area contributed by atoms with Crippen LogP contribution in [0.1, 0.15) is 12.8 Å². The van der Waals surface area contributed by atoms with Crippen LogP contribution in [0.5, 0.6) is 0 Å². The van der Waals surface area contributed by atoms with E-state index in [1.807, 2.05) is 7.05 Å². The van der Waals surface area contributed by atoms with E-state index in [0.717, 1.165) is 18.9 Å². The number of rotatable bonds is 4. The van der Waals surface area contributed by atoms with E-state index in [9.17, 15) is 0 Å². The Morgan fingerprint density at radius 3 is 2.88 bits per heavy atom. The van der Waals surface area contributed by atoms with Gasteiger partial charge in [0.15, 0.2) is 5.82 Å². The molecule has 2 N–H and O–H groups in total. The van der Waals surface area contributed by atoms with E-state index in [0.29, 0.717) is 5.69 Å². The van der Waals surface area contributed by atoms with Crippen LogP contribution in [0.25, 0.3) is 0 Å². The highest BCUT2D eigenvalue weighted by molar-refractivity contribution is 5.60. The van der Waals surface area contributed by atoms with Crippen LogP contribution in [0.3, 0.4) is 0 Å². The zero-order valence-electron chi connectivity index (χ0n) is 9.76. The number of nitrogens with two attached hydrogens (primary N) is 1. The van der Waals surface area contributed by atoms with E-state index >= 15 is 0 Å². The molecule has 1 aliphatic rings. The van der Waals surface area contributed by atoms with Crippen LogP contribution in [0.2, 0.25) is 0 Å². The van der Waals surface area contributed by atoms with E-state index in [1.54, 1.807) is 6.20 Å². The summed E-state index contributed by atoms with van der Waals surface area (Å²) in [5.74, 6) is 0.828. The molecule has 1 saturated heterocycles. The Morgan fingerprint density at radius 2 is 2.19 bits per heavy atom. The predicted octanol–water partition coefficient (Wildman–Crippen LogP) is 0.591. The Labute approximate surface area is 96.3 Å². The molecule has 2 heterocycles.